The first-order valence-electron chi connectivity index (χ1n) is 6.26. The number of rotatable bonds is 3. The fraction of sp³-hybridized carbons (Fsp3) is 0.462. The van der Waals surface area contributed by atoms with E-state index in [2.05, 4.69) is 10.3 Å². The van der Waals surface area contributed by atoms with Gasteiger partial charge in [0.2, 0.25) is 0 Å². The molecule has 0 saturated carbocycles. The molecular weight excluding hydrogens is 246 g/mol. The van der Waals surface area contributed by atoms with E-state index in [-0.39, 0.29) is 6.03 Å². The van der Waals surface area contributed by atoms with Crippen LogP contribution in [0.5, 0.6) is 0 Å². The van der Waals surface area contributed by atoms with Gasteiger partial charge in [0.1, 0.15) is 6.04 Å². The summed E-state index contributed by atoms with van der Waals surface area (Å²) in [6.45, 7) is 2.80. The number of aryl methyl sites for hydroxylation is 1. The van der Waals surface area contributed by atoms with E-state index in [9.17, 15) is 9.59 Å². The predicted octanol–water partition coefficient (Wildman–Crippen LogP) is 1.15. The Morgan fingerprint density at radius 3 is 3.05 bits per heavy atom. The maximum atomic E-state index is 12.0. The van der Waals surface area contributed by atoms with E-state index < -0.39 is 12.0 Å². The second-order valence-electron chi connectivity index (χ2n) is 4.65. The molecule has 2 N–H and O–H groups in total. The molecular formula is C13H17N3O3. The Hall–Kier alpha value is -2.11. The van der Waals surface area contributed by atoms with Gasteiger partial charge in [-0.25, -0.2) is 9.59 Å². The molecule has 2 heterocycles. The quantitative estimate of drug-likeness (QED) is 0.857. The van der Waals surface area contributed by atoms with Crippen LogP contribution in [0.1, 0.15) is 24.0 Å². The third-order valence-electron chi connectivity index (χ3n) is 3.37. The zero-order valence-corrected chi connectivity index (χ0v) is 10.8. The number of aliphatic carboxylic acids is 1. The molecule has 2 amide bonds. The molecule has 19 heavy (non-hydrogen) atoms. The van der Waals surface area contributed by atoms with Gasteiger partial charge in [0, 0.05) is 25.5 Å². The average Bonchev–Trinajstić information content (AvgIpc) is 2.87. The van der Waals surface area contributed by atoms with Gasteiger partial charge in [-0.15, -0.1) is 0 Å². The van der Waals surface area contributed by atoms with Crippen molar-refractivity contribution < 1.29 is 14.7 Å². The Labute approximate surface area is 111 Å². The van der Waals surface area contributed by atoms with E-state index in [0.717, 1.165) is 17.5 Å². The third kappa shape index (κ3) is 3.01. The third-order valence-corrected chi connectivity index (χ3v) is 3.37. The first kappa shape index (κ1) is 13.3. The van der Waals surface area contributed by atoms with Crippen molar-refractivity contribution in [1.29, 1.82) is 0 Å². The topological polar surface area (TPSA) is 82.5 Å². The number of pyridine rings is 1. The Morgan fingerprint density at radius 1 is 1.58 bits per heavy atom. The smallest absolute Gasteiger partial charge is 0.326 e. The number of carboxylic acids is 1. The molecule has 0 radical (unpaired) electrons. The molecule has 1 aliphatic rings. The summed E-state index contributed by atoms with van der Waals surface area (Å²) in [4.78, 5) is 28.4. The molecule has 6 heteroatoms. The molecule has 1 aliphatic heterocycles. The monoisotopic (exact) mass is 263 g/mol. The summed E-state index contributed by atoms with van der Waals surface area (Å²) < 4.78 is 0. The van der Waals surface area contributed by atoms with Gasteiger partial charge in [-0.05, 0) is 37.0 Å². The van der Waals surface area contributed by atoms with Gasteiger partial charge in [-0.1, -0.05) is 0 Å². The molecule has 0 aliphatic carbocycles. The Balaban J connectivity index is 1.95. The van der Waals surface area contributed by atoms with Gasteiger partial charge in [0.05, 0.1) is 0 Å². The molecule has 1 aromatic rings. The van der Waals surface area contributed by atoms with Crippen LogP contribution >= 0.6 is 0 Å². The van der Waals surface area contributed by atoms with Crippen LogP contribution in [0.3, 0.4) is 0 Å². The summed E-state index contributed by atoms with van der Waals surface area (Å²) in [7, 11) is 0. The van der Waals surface area contributed by atoms with Crippen molar-refractivity contribution in [3.05, 3.63) is 29.6 Å². The fourth-order valence-corrected chi connectivity index (χ4v) is 2.24. The number of carbonyl (C=O) groups excluding carboxylic acids is 1. The molecule has 102 valence electrons. The van der Waals surface area contributed by atoms with Crippen molar-refractivity contribution in [2.24, 2.45) is 0 Å². The first-order chi connectivity index (χ1) is 9.09. The molecule has 2 rings (SSSR count). The molecule has 0 spiro atoms. The molecule has 1 aromatic heterocycles. The highest BCUT2D eigenvalue weighted by Crippen LogP contribution is 2.17. The number of hydrogen-bond donors (Lipinski definition) is 2. The van der Waals surface area contributed by atoms with E-state index in [4.69, 9.17) is 5.11 Å². The van der Waals surface area contributed by atoms with E-state index in [1.807, 2.05) is 13.0 Å². The fourth-order valence-electron chi connectivity index (χ4n) is 2.24. The first-order valence-corrected chi connectivity index (χ1v) is 6.26. The van der Waals surface area contributed by atoms with Crippen molar-refractivity contribution in [1.82, 2.24) is 15.2 Å². The van der Waals surface area contributed by atoms with Crippen molar-refractivity contribution in [3.8, 4) is 0 Å². The number of hydrogen-bond acceptors (Lipinski definition) is 3. The zero-order valence-electron chi connectivity index (χ0n) is 10.8. The highest BCUT2D eigenvalue weighted by molar-refractivity contribution is 5.83. The van der Waals surface area contributed by atoms with Crippen molar-refractivity contribution in [2.75, 3.05) is 6.54 Å². The Morgan fingerprint density at radius 2 is 2.37 bits per heavy atom. The SMILES string of the molecule is Cc1cnccc1CNC(=O)N1CCC[C@H]1C(=O)O. The summed E-state index contributed by atoms with van der Waals surface area (Å²) in [5, 5.41) is 11.8. The van der Waals surface area contributed by atoms with Gasteiger partial charge in [-0.3, -0.25) is 4.98 Å². The molecule has 1 fully saturated rings. The number of carboxylic acid groups (broad SMARTS) is 1. The van der Waals surface area contributed by atoms with Gasteiger partial charge in [0.25, 0.3) is 0 Å². The largest absolute Gasteiger partial charge is 0.480 e. The highest BCUT2D eigenvalue weighted by atomic mass is 16.4. The van der Waals surface area contributed by atoms with Crippen molar-refractivity contribution in [3.63, 3.8) is 0 Å². The van der Waals surface area contributed by atoms with Crippen LogP contribution in [-0.2, 0) is 11.3 Å². The number of urea groups is 1. The maximum absolute atomic E-state index is 12.0. The van der Waals surface area contributed by atoms with Gasteiger partial charge < -0.3 is 15.3 Å². The predicted molar refractivity (Wildman–Crippen MR) is 68.6 cm³/mol. The lowest BCUT2D eigenvalue weighted by Gasteiger charge is -2.22. The number of amides is 2. The van der Waals surface area contributed by atoms with Crippen LogP contribution in [0.25, 0.3) is 0 Å². The summed E-state index contributed by atoms with van der Waals surface area (Å²) in [6.07, 6.45) is 4.66. The second kappa shape index (κ2) is 5.69. The van der Waals surface area contributed by atoms with Crippen LogP contribution < -0.4 is 5.32 Å². The van der Waals surface area contributed by atoms with E-state index in [1.165, 1.54) is 4.90 Å². The average molecular weight is 263 g/mol. The van der Waals surface area contributed by atoms with E-state index in [0.29, 0.717) is 19.5 Å². The summed E-state index contributed by atoms with van der Waals surface area (Å²) >= 11 is 0. The lowest BCUT2D eigenvalue weighted by molar-refractivity contribution is -0.141. The normalized spacial score (nSPS) is 18.4. The molecule has 0 aromatic carbocycles. The second-order valence-corrected chi connectivity index (χ2v) is 4.65. The molecule has 1 saturated heterocycles. The number of aromatic nitrogens is 1. The van der Waals surface area contributed by atoms with Crippen LogP contribution in [0.15, 0.2) is 18.5 Å². The highest BCUT2D eigenvalue weighted by Gasteiger charge is 2.33. The molecule has 6 nitrogen and oxygen atoms in total. The van der Waals surface area contributed by atoms with Gasteiger partial charge in [-0.2, -0.15) is 0 Å². The Kier molecular flexibility index (Phi) is 3.99. The Bertz CT molecular complexity index is 490. The van der Waals surface area contributed by atoms with Crippen molar-refractivity contribution >= 4 is 12.0 Å². The number of carbonyl (C=O) groups is 2. The van der Waals surface area contributed by atoms with E-state index >= 15 is 0 Å². The summed E-state index contributed by atoms with van der Waals surface area (Å²) in [5.41, 5.74) is 1.98. The molecule has 0 unspecified atom stereocenters. The lowest BCUT2D eigenvalue weighted by atomic mass is 10.1. The minimum Gasteiger partial charge on any atom is -0.480 e. The van der Waals surface area contributed by atoms with Gasteiger partial charge in [0.15, 0.2) is 0 Å². The number of likely N-dealkylation sites (tertiary alicyclic amines) is 1. The van der Waals surface area contributed by atoms with Crippen LogP contribution in [0, 0.1) is 6.92 Å². The van der Waals surface area contributed by atoms with Crippen LogP contribution in [-0.4, -0.2) is 39.6 Å². The number of nitrogens with one attached hydrogen (secondary N) is 1. The minimum atomic E-state index is -0.937. The summed E-state index contributed by atoms with van der Waals surface area (Å²) in [6, 6.07) is 0.827. The standard InChI is InChI=1S/C13H17N3O3/c1-9-7-14-5-4-10(9)8-15-13(19)16-6-2-3-11(16)12(17)18/h4-5,7,11H,2-3,6,8H2,1H3,(H,15,19)(H,17,18)/t11-/m0/s1. The van der Waals surface area contributed by atoms with Crippen LogP contribution in [0.4, 0.5) is 4.79 Å². The lowest BCUT2D eigenvalue weighted by Crippen LogP contribution is -2.45. The minimum absolute atomic E-state index is 0.318. The number of nitrogens with zero attached hydrogens (tertiary/aromatic N) is 2. The maximum Gasteiger partial charge on any atom is 0.326 e. The van der Waals surface area contributed by atoms with Crippen LogP contribution in [0.2, 0.25) is 0 Å². The van der Waals surface area contributed by atoms with Gasteiger partial charge >= 0.3 is 12.0 Å². The van der Waals surface area contributed by atoms with Crippen molar-refractivity contribution in [2.45, 2.75) is 32.4 Å². The van der Waals surface area contributed by atoms with E-state index in [1.54, 1.807) is 12.4 Å². The zero-order chi connectivity index (χ0) is 13.8. The summed E-state index contributed by atoms with van der Waals surface area (Å²) in [5.74, 6) is -0.937. The molecule has 1 atom stereocenters. The molecule has 0 bridgehead atoms.